The van der Waals surface area contributed by atoms with E-state index in [-0.39, 0.29) is 17.5 Å². The van der Waals surface area contributed by atoms with Crippen molar-refractivity contribution in [2.24, 2.45) is 4.99 Å². The van der Waals surface area contributed by atoms with Gasteiger partial charge in [-0.3, -0.25) is 4.79 Å². The third-order valence-electron chi connectivity index (χ3n) is 3.86. The first-order valence-electron chi connectivity index (χ1n) is 8.52. The highest BCUT2D eigenvalue weighted by Crippen LogP contribution is 2.16. The van der Waals surface area contributed by atoms with Crippen molar-refractivity contribution in [1.82, 2.24) is 15.1 Å². The highest BCUT2D eigenvalue weighted by Gasteiger charge is 2.11. The van der Waals surface area contributed by atoms with E-state index in [1.807, 2.05) is 24.1 Å². The Bertz CT molecular complexity index is 778. The Morgan fingerprint density at radius 2 is 2.07 bits per heavy atom. The molecule has 1 aromatic carbocycles. The molecule has 0 bridgehead atoms. The lowest BCUT2D eigenvalue weighted by molar-refractivity contribution is -0.127. The van der Waals surface area contributed by atoms with Gasteiger partial charge in [0.1, 0.15) is 18.1 Å². The molecule has 0 radical (unpaired) electrons. The molecule has 0 aliphatic rings. The number of aliphatic imine (C=N–C) groups is 1. The lowest BCUT2D eigenvalue weighted by Gasteiger charge is -2.23. The molecule has 2 rings (SSSR count). The summed E-state index contributed by atoms with van der Waals surface area (Å²) >= 11 is 5.74. The average molecular weight is 395 g/mol. The van der Waals surface area contributed by atoms with Crippen molar-refractivity contribution in [3.05, 3.63) is 58.8 Å². The summed E-state index contributed by atoms with van der Waals surface area (Å²) in [6, 6.07) is 8.41. The van der Waals surface area contributed by atoms with Crippen LogP contribution in [0.25, 0.3) is 0 Å². The van der Waals surface area contributed by atoms with Gasteiger partial charge in [0.15, 0.2) is 5.96 Å². The molecule has 2 aromatic rings. The minimum absolute atomic E-state index is 0.0232. The molecule has 146 valence electrons. The van der Waals surface area contributed by atoms with Crippen LogP contribution in [0.5, 0.6) is 0 Å². The van der Waals surface area contributed by atoms with E-state index in [0.717, 1.165) is 11.3 Å². The van der Waals surface area contributed by atoms with E-state index in [2.05, 4.69) is 10.3 Å². The lowest BCUT2D eigenvalue weighted by atomic mass is 10.2. The summed E-state index contributed by atoms with van der Waals surface area (Å²) in [5.41, 5.74) is 0.749. The molecule has 1 aromatic heterocycles. The first-order chi connectivity index (χ1) is 12.9. The van der Waals surface area contributed by atoms with Crippen LogP contribution in [0.3, 0.4) is 0 Å². The van der Waals surface area contributed by atoms with Gasteiger partial charge >= 0.3 is 0 Å². The number of nitrogens with zero attached hydrogens (tertiary/aromatic N) is 3. The van der Waals surface area contributed by atoms with Crippen molar-refractivity contribution < 1.29 is 13.6 Å². The fourth-order valence-electron chi connectivity index (χ4n) is 2.33. The van der Waals surface area contributed by atoms with E-state index in [1.54, 1.807) is 26.4 Å². The van der Waals surface area contributed by atoms with Crippen molar-refractivity contribution in [3.8, 4) is 0 Å². The number of halogens is 2. The van der Waals surface area contributed by atoms with Crippen molar-refractivity contribution in [2.45, 2.75) is 13.0 Å². The summed E-state index contributed by atoms with van der Waals surface area (Å²) in [6.07, 6.45) is 2.30. The van der Waals surface area contributed by atoms with Crippen LogP contribution in [0.1, 0.15) is 11.3 Å². The number of furan rings is 1. The molecule has 0 aliphatic carbocycles. The summed E-state index contributed by atoms with van der Waals surface area (Å²) in [6.45, 7) is 1.02. The van der Waals surface area contributed by atoms with Crippen LogP contribution < -0.4 is 5.32 Å². The van der Waals surface area contributed by atoms with Crippen molar-refractivity contribution in [1.29, 1.82) is 0 Å². The smallest absolute Gasteiger partial charge is 0.243 e. The van der Waals surface area contributed by atoms with Crippen LogP contribution in [0.15, 0.2) is 46.0 Å². The summed E-state index contributed by atoms with van der Waals surface area (Å²) in [4.78, 5) is 19.6. The minimum atomic E-state index is -0.463. The second kappa shape index (κ2) is 9.97. The van der Waals surface area contributed by atoms with Gasteiger partial charge < -0.3 is 19.5 Å². The van der Waals surface area contributed by atoms with Gasteiger partial charge in [0.2, 0.25) is 5.91 Å². The summed E-state index contributed by atoms with van der Waals surface area (Å²) in [7, 11) is 5.19. The second-order valence-electron chi connectivity index (χ2n) is 6.29. The number of rotatable bonds is 7. The van der Waals surface area contributed by atoms with Crippen LogP contribution in [0, 0.1) is 5.82 Å². The van der Waals surface area contributed by atoms with E-state index >= 15 is 0 Å². The first kappa shape index (κ1) is 20.8. The van der Waals surface area contributed by atoms with Crippen LogP contribution >= 0.6 is 11.6 Å². The molecule has 0 fully saturated rings. The summed E-state index contributed by atoms with van der Waals surface area (Å²) < 4.78 is 19.0. The Morgan fingerprint density at radius 1 is 1.30 bits per heavy atom. The monoisotopic (exact) mass is 394 g/mol. The number of carbonyl (C=O) groups is 1. The Morgan fingerprint density at radius 3 is 2.70 bits per heavy atom. The number of hydrogen-bond donors (Lipinski definition) is 1. The maximum absolute atomic E-state index is 13.7. The van der Waals surface area contributed by atoms with Crippen LogP contribution in [-0.4, -0.2) is 55.9 Å². The van der Waals surface area contributed by atoms with E-state index in [1.165, 1.54) is 17.0 Å². The van der Waals surface area contributed by atoms with Crippen molar-refractivity contribution >= 4 is 23.5 Å². The largest absolute Gasteiger partial charge is 0.469 e. The molecule has 0 saturated heterocycles. The van der Waals surface area contributed by atoms with Crippen LogP contribution in [0.4, 0.5) is 4.39 Å². The number of carbonyl (C=O) groups excluding carboxylic acids is 1. The molecule has 0 saturated carbocycles. The number of benzene rings is 1. The molecule has 0 atom stereocenters. The highest BCUT2D eigenvalue weighted by atomic mass is 35.5. The zero-order valence-electron chi connectivity index (χ0n) is 15.7. The fourth-order valence-corrected chi connectivity index (χ4v) is 2.45. The standard InChI is InChI=1S/C19H24ClFN4O2/c1-24(2)18(26)12-23-19(22-9-8-15-5-4-10-27-15)25(3)13-14-6-7-16(20)17(21)11-14/h4-7,10-11H,8-9,12-13H2,1-3H3,(H,22,23). The van der Waals surface area contributed by atoms with Gasteiger partial charge in [-0.15, -0.1) is 0 Å². The molecule has 1 N–H and O–H groups in total. The Balaban J connectivity index is 2.04. The van der Waals surface area contributed by atoms with E-state index in [9.17, 15) is 9.18 Å². The van der Waals surface area contributed by atoms with E-state index < -0.39 is 5.82 Å². The van der Waals surface area contributed by atoms with Gasteiger partial charge in [-0.1, -0.05) is 17.7 Å². The quantitative estimate of drug-likeness (QED) is 0.579. The molecule has 0 unspecified atom stereocenters. The van der Waals surface area contributed by atoms with Gasteiger partial charge in [-0.2, -0.15) is 0 Å². The fraction of sp³-hybridized carbons (Fsp3) is 0.368. The van der Waals surface area contributed by atoms with Crippen LogP contribution in [-0.2, 0) is 17.8 Å². The number of amides is 1. The maximum atomic E-state index is 13.7. The van der Waals surface area contributed by atoms with Gasteiger partial charge in [0.05, 0.1) is 11.3 Å². The zero-order valence-corrected chi connectivity index (χ0v) is 16.5. The predicted octanol–water partition coefficient (Wildman–Crippen LogP) is 2.78. The Kier molecular flexibility index (Phi) is 7.67. The van der Waals surface area contributed by atoms with Crippen molar-refractivity contribution in [2.75, 3.05) is 34.2 Å². The van der Waals surface area contributed by atoms with Gasteiger partial charge in [-0.05, 0) is 29.8 Å². The van der Waals surface area contributed by atoms with Crippen LogP contribution in [0.2, 0.25) is 5.02 Å². The molecule has 6 nitrogen and oxygen atoms in total. The van der Waals surface area contributed by atoms with Gasteiger partial charge in [0.25, 0.3) is 0 Å². The maximum Gasteiger partial charge on any atom is 0.243 e. The average Bonchev–Trinajstić information content (AvgIpc) is 3.14. The number of nitrogens with one attached hydrogen (secondary N) is 1. The SMILES string of the molecule is CN(C)C(=O)CN=C(NCCc1ccco1)N(C)Cc1ccc(Cl)c(F)c1. The summed E-state index contributed by atoms with van der Waals surface area (Å²) in [5.74, 6) is 0.835. The Labute approximate surface area is 163 Å². The molecule has 27 heavy (non-hydrogen) atoms. The molecule has 8 heteroatoms. The Hall–Kier alpha value is -2.54. The molecular weight excluding hydrogens is 371 g/mol. The minimum Gasteiger partial charge on any atom is -0.469 e. The highest BCUT2D eigenvalue weighted by molar-refractivity contribution is 6.30. The molecule has 0 aliphatic heterocycles. The molecular formula is C19H24ClFN4O2. The van der Waals surface area contributed by atoms with Crippen molar-refractivity contribution in [3.63, 3.8) is 0 Å². The molecule has 1 amide bonds. The number of hydrogen-bond acceptors (Lipinski definition) is 3. The second-order valence-corrected chi connectivity index (χ2v) is 6.70. The number of guanidine groups is 1. The lowest BCUT2D eigenvalue weighted by Crippen LogP contribution is -2.40. The third-order valence-corrected chi connectivity index (χ3v) is 4.17. The van der Waals surface area contributed by atoms with Gasteiger partial charge in [-0.25, -0.2) is 9.38 Å². The van der Waals surface area contributed by atoms with Gasteiger partial charge in [0, 0.05) is 40.7 Å². The molecule has 1 heterocycles. The molecule has 0 spiro atoms. The third kappa shape index (κ3) is 6.60. The van der Waals surface area contributed by atoms with E-state index in [0.29, 0.717) is 25.5 Å². The predicted molar refractivity (Wildman–Crippen MR) is 104 cm³/mol. The topological polar surface area (TPSA) is 61.1 Å². The normalized spacial score (nSPS) is 11.4. The number of likely N-dealkylation sites (N-methyl/N-ethyl adjacent to an activating group) is 1. The first-order valence-corrected chi connectivity index (χ1v) is 8.90. The zero-order chi connectivity index (χ0) is 19.8. The summed E-state index contributed by atoms with van der Waals surface area (Å²) in [5, 5.41) is 3.31. The van der Waals surface area contributed by atoms with E-state index in [4.69, 9.17) is 16.0 Å².